The molecule has 6 amide bonds. The standard InChI is InChI=1S/C63H75ClN8O10/c1-38(2)29-44(34-54(75)60(39(3)4)68-56(76)14-10-24-71-57(77)21-22-58(71)78)61(79)67-49(13-8-9-23-65)53(74)31-40-15-18-42(19-16-40)52(73)32-41-17-20-48-43(30-41)33-50(66-48)62(80)72-37-45(36-64)59-47-12-7-6-11-46(47)55(35-51(59)72)82-63(81)70-27-25-69(5)26-28-70/h6-7,11-12,15-22,30,33,35,38-39,44-45,49,60,66H,8-10,13-14,23-29,31-32,34,36-37,65H2,1-5H3,(H,67,79)(H,68,76)/t44-,45-,49+,60?/m1/s1. The highest BCUT2D eigenvalue weighted by atomic mass is 35.5. The van der Waals surface area contributed by atoms with Crippen molar-refractivity contribution in [2.45, 2.75) is 103 Å². The number of Topliss-reactive ketones (excluding diaryl/α,β-unsaturated/α-hetero) is 3. The Bertz CT molecular complexity index is 3240. The number of likely N-dealkylation sites (N-methyl/N-ethyl adjacent to an activating group) is 1. The fourth-order valence-electron chi connectivity index (χ4n) is 11.2. The third-order valence-electron chi connectivity index (χ3n) is 15.7. The van der Waals surface area contributed by atoms with E-state index in [2.05, 4.69) is 20.5 Å². The molecule has 18 nitrogen and oxygen atoms in total. The molecular weight excluding hydrogens is 1060 g/mol. The van der Waals surface area contributed by atoms with E-state index >= 15 is 0 Å². The Morgan fingerprint density at radius 1 is 0.793 bits per heavy atom. The lowest BCUT2D eigenvalue weighted by Gasteiger charge is -2.31. The SMILES string of the molecule is CC(C)C[C@H](CC(=O)C(NC(=O)CCCN1C(=O)C=CC1=O)C(C)C)C(=O)N[C@@H](CCCCN)C(=O)Cc1ccc(C(=O)Cc2ccc3[nH]c(C(=O)N4C[C@@H](CCl)c5c4cc(OC(=O)N4CCN(C)CC4)c4ccccc54)cc3c2)cc1. The second kappa shape index (κ2) is 27.5. The maximum absolute atomic E-state index is 14.5. The maximum atomic E-state index is 14.5. The number of anilines is 1. The highest BCUT2D eigenvalue weighted by molar-refractivity contribution is 6.19. The topological polar surface area (TPSA) is 242 Å². The number of benzene rings is 4. The van der Waals surface area contributed by atoms with Gasteiger partial charge in [0.25, 0.3) is 17.7 Å². The molecule has 5 N–H and O–H groups in total. The van der Waals surface area contributed by atoms with Crippen molar-refractivity contribution in [1.29, 1.82) is 0 Å². The first-order valence-electron chi connectivity index (χ1n) is 28.5. The van der Waals surface area contributed by atoms with Crippen molar-refractivity contribution >= 4 is 91.9 Å². The van der Waals surface area contributed by atoms with Crippen molar-refractivity contribution in [1.82, 2.24) is 30.3 Å². The number of aromatic amines is 1. The number of rotatable bonds is 26. The molecule has 0 aliphatic carbocycles. The quantitative estimate of drug-likeness (QED) is 0.0181. The normalized spacial score (nSPS) is 16.5. The van der Waals surface area contributed by atoms with Crippen LogP contribution in [0.2, 0.25) is 0 Å². The number of alkyl halides is 1. The number of carbonyl (C=O) groups excluding carboxylic acids is 9. The van der Waals surface area contributed by atoms with Gasteiger partial charge in [0, 0.05) is 123 Å². The number of amides is 6. The number of ether oxygens (including phenoxy) is 1. The van der Waals surface area contributed by atoms with E-state index in [9.17, 15) is 43.2 Å². The summed E-state index contributed by atoms with van der Waals surface area (Å²) in [6.45, 7) is 10.9. The summed E-state index contributed by atoms with van der Waals surface area (Å²) in [7, 11) is 2.02. The van der Waals surface area contributed by atoms with Crippen LogP contribution in [0, 0.1) is 17.8 Å². The van der Waals surface area contributed by atoms with E-state index in [1.54, 1.807) is 60.0 Å². The lowest BCUT2D eigenvalue weighted by molar-refractivity contribution is -0.137. The number of hydrogen-bond donors (Lipinski definition) is 4. The molecule has 1 unspecified atom stereocenters. The summed E-state index contributed by atoms with van der Waals surface area (Å²) in [4.78, 5) is 130. The predicted octanol–water partition coefficient (Wildman–Crippen LogP) is 7.67. The monoisotopic (exact) mass is 1140 g/mol. The maximum Gasteiger partial charge on any atom is 0.415 e. The number of H-pyrrole nitrogens is 1. The molecule has 0 spiro atoms. The molecule has 3 aliphatic rings. The molecule has 434 valence electrons. The van der Waals surface area contributed by atoms with Gasteiger partial charge >= 0.3 is 6.09 Å². The van der Waals surface area contributed by atoms with Crippen LogP contribution in [-0.4, -0.2) is 143 Å². The van der Waals surface area contributed by atoms with Crippen LogP contribution in [-0.2, 0) is 41.6 Å². The van der Waals surface area contributed by atoms with Crippen LogP contribution in [0.4, 0.5) is 10.5 Å². The van der Waals surface area contributed by atoms with Gasteiger partial charge < -0.3 is 40.8 Å². The molecule has 1 saturated heterocycles. The Morgan fingerprint density at radius 2 is 1.49 bits per heavy atom. The number of unbranched alkanes of at least 4 members (excludes halogenated alkanes) is 1. The number of ketones is 3. The molecule has 4 aromatic carbocycles. The smallest absolute Gasteiger partial charge is 0.409 e. The molecule has 4 atom stereocenters. The summed E-state index contributed by atoms with van der Waals surface area (Å²) in [5.41, 5.74) is 10.3. The third-order valence-corrected chi connectivity index (χ3v) is 16.1. The van der Waals surface area contributed by atoms with Gasteiger partial charge in [-0.2, -0.15) is 0 Å². The molecule has 0 bridgehead atoms. The number of halogens is 1. The summed E-state index contributed by atoms with van der Waals surface area (Å²) < 4.78 is 6.08. The molecule has 5 aromatic rings. The zero-order valence-electron chi connectivity index (χ0n) is 47.5. The first-order chi connectivity index (χ1) is 39.3. The zero-order valence-corrected chi connectivity index (χ0v) is 48.2. The number of fused-ring (bicyclic) bond motifs is 4. The van der Waals surface area contributed by atoms with Crippen LogP contribution in [0.3, 0.4) is 0 Å². The molecular formula is C63H75ClN8O10. The van der Waals surface area contributed by atoms with E-state index in [1.165, 1.54) is 12.2 Å². The number of imide groups is 1. The molecule has 82 heavy (non-hydrogen) atoms. The number of nitrogens with zero attached hydrogens (tertiary/aromatic N) is 4. The molecule has 8 rings (SSSR count). The number of nitrogens with one attached hydrogen (secondary N) is 3. The highest BCUT2D eigenvalue weighted by Crippen LogP contribution is 2.46. The first-order valence-corrected chi connectivity index (χ1v) is 29.1. The highest BCUT2D eigenvalue weighted by Gasteiger charge is 2.37. The Morgan fingerprint density at radius 3 is 2.16 bits per heavy atom. The van der Waals surface area contributed by atoms with Gasteiger partial charge in [-0.3, -0.25) is 43.3 Å². The van der Waals surface area contributed by atoms with Crippen molar-refractivity contribution in [3.05, 3.63) is 119 Å². The number of aromatic nitrogens is 1. The second-order valence-corrected chi connectivity index (χ2v) is 23.0. The summed E-state index contributed by atoms with van der Waals surface area (Å²) in [6, 6.07) is 21.9. The third kappa shape index (κ3) is 14.7. The predicted molar refractivity (Wildman–Crippen MR) is 315 cm³/mol. The van der Waals surface area contributed by atoms with Gasteiger partial charge in [-0.05, 0) is 97.8 Å². The first kappa shape index (κ1) is 60.6. The van der Waals surface area contributed by atoms with Crippen LogP contribution >= 0.6 is 11.6 Å². The van der Waals surface area contributed by atoms with Crippen molar-refractivity contribution in [2.24, 2.45) is 23.5 Å². The molecule has 19 heteroatoms. The van der Waals surface area contributed by atoms with Crippen LogP contribution in [0.5, 0.6) is 5.75 Å². The van der Waals surface area contributed by atoms with E-state index in [0.29, 0.717) is 85.6 Å². The Hall–Kier alpha value is -7.54. The molecule has 3 aliphatic heterocycles. The lowest BCUT2D eigenvalue weighted by atomic mass is 9.86. The zero-order chi connectivity index (χ0) is 58.8. The van der Waals surface area contributed by atoms with Crippen LogP contribution < -0.4 is 26.0 Å². The van der Waals surface area contributed by atoms with E-state index in [1.807, 2.05) is 63.4 Å². The molecule has 4 heterocycles. The summed E-state index contributed by atoms with van der Waals surface area (Å²) in [5, 5.41) is 8.14. The van der Waals surface area contributed by atoms with Crippen molar-refractivity contribution in [3.8, 4) is 5.75 Å². The van der Waals surface area contributed by atoms with E-state index in [-0.39, 0.29) is 85.5 Å². The van der Waals surface area contributed by atoms with Gasteiger partial charge in [-0.15, -0.1) is 11.6 Å². The molecule has 1 fully saturated rings. The minimum atomic E-state index is -0.880. The van der Waals surface area contributed by atoms with E-state index in [4.69, 9.17) is 22.1 Å². The lowest BCUT2D eigenvalue weighted by Crippen LogP contribution is -2.48. The number of piperazine rings is 1. The number of nitrogens with two attached hydrogens (primary N) is 1. The molecule has 1 aromatic heterocycles. The van der Waals surface area contributed by atoms with Crippen LogP contribution in [0.1, 0.15) is 116 Å². The van der Waals surface area contributed by atoms with Gasteiger partial charge in [0.15, 0.2) is 17.3 Å². The Balaban J connectivity index is 0.889. The molecule has 0 radical (unpaired) electrons. The van der Waals surface area contributed by atoms with Crippen LogP contribution in [0.15, 0.2) is 91.0 Å². The van der Waals surface area contributed by atoms with Crippen LogP contribution in [0.25, 0.3) is 21.7 Å². The minimum absolute atomic E-state index is 0.0116. The van der Waals surface area contributed by atoms with Gasteiger partial charge in [0.1, 0.15) is 11.4 Å². The number of hydrogen-bond acceptors (Lipinski definition) is 12. The summed E-state index contributed by atoms with van der Waals surface area (Å²) in [6.07, 6.45) is 3.96. The average Bonchev–Trinajstić information content (AvgIpc) is 3.98. The van der Waals surface area contributed by atoms with Crippen molar-refractivity contribution in [3.63, 3.8) is 0 Å². The fourth-order valence-corrected chi connectivity index (χ4v) is 11.4. The van der Waals surface area contributed by atoms with Crippen molar-refractivity contribution in [2.75, 3.05) is 63.6 Å². The van der Waals surface area contributed by atoms with Gasteiger partial charge in [-0.1, -0.05) is 82.3 Å². The second-order valence-electron chi connectivity index (χ2n) is 22.7. The fraction of sp³-hybridized carbons (Fsp3) is 0.444. The summed E-state index contributed by atoms with van der Waals surface area (Å²) >= 11 is 6.58. The number of carbonyl (C=O) groups is 9. The largest absolute Gasteiger partial charge is 0.415 e. The average molecular weight is 1140 g/mol. The van der Waals surface area contributed by atoms with E-state index < -0.39 is 47.7 Å². The van der Waals surface area contributed by atoms with Gasteiger partial charge in [-0.25, -0.2) is 4.79 Å². The van der Waals surface area contributed by atoms with Gasteiger partial charge in [0.05, 0.1) is 17.8 Å². The summed E-state index contributed by atoms with van der Waals surface area (Å²) in [5.74, 6) is -3.24. The molecule has 0 saturated carbocycles. The Labute approximate surface area is 483 Å². The Kier molecular flexibility index (Phi) is 20.3. The van der Waals surface area contributed by atoms with Crippen molar-refractivity contribution < 1.29 is 47.9 Å². The van der Waals surface area contributed by atoms with E-state index in [0.717, 1.165) is 45.3 Å². The minimum Gasteiger partial charge on any atom is -0.409 e. The van der Waals surface area contributed by atoms with Gasteiger partial charge in [0.2, 0.25) is 11.8 Å².